The van der Waals surface area contributed by atoms with Crippen LogP contribution in [0.25, 0.3) is 0 Å². The number of nitrogens with zero attached hydrogens (tertiary/aromatic N) is 1. The fourth-order valence-corrected chi connectivity index (χ4v) is 12.4. The molecule has 12 nitrogen and oxygen atoms in total. The van der Waals surface area contributed by atoms with Gasteiger partial charge in [-0.15, -0.1) is 0 Å². The highest BCUT2D eigenvalue weighted by molar-refractivity contribution is 6.00. The number of amides is 1. The van der Waals surface area contributed by atoms with Crippen molar-refractivity contribution in [2.45, 2.75) is 95.0 Å². The molecule has 1 heterocycles. The van der Waals surface area contributed by atoms with Crippen LogP contribution in [0.15, 0.2) is 24.3 Å². The minimum Gasteiger partial charge on any atom is -0.461 e. The van der Waals surface area contributed by atoms with Crippen LogP contribution in [0.1, 0.15) is 63.7 Å². The van der Waals surface area contributed by atoms with Crippen molar-refractivity contribution in [3.8, 4) is 0 Å². The number of carbonyl (C=O) groups is 3. The summed E-state index contributed by atoms with van der Waals surface area (Å²) in [5.74, 6) is -2.88. The molecule has 1 saturated heterocycles. The molecule has 6 fully saturated rings. The molecule has 1 aliphatic heterocycles. The average molecular weight is 685 g/mol. The third kappa shape index (κ3) is 4.40. The van der Waals surface area contributed by atoms with Gasteiger partial charge in [-0.25, -0.2) is 4.79 Å². The van der Waals surface area contributed by atoms with E-state index in [0.29, 0.717) is 38.0 Å². The maximum absolute atomic E-state index is 13.8. The van der Waals surface area contributed by atoms with E-state index >= 15 is 0 Å². The Morgan fingerprint density at radius 1 is 1.08 bits per heavy atom. The SMILES string of the molecule is CCN1C[C@]2(COC(=O)c3ccccc3NC(C)=O)CC[C@H](OC)[C@]34C1[C@](O)([C@@H](OC)[C@H]23)[C@@]1(O)C[C@H](OC)[C@H]2C[C@@H]4[C@@H]1[C@H]2OC(=O)C(C)C. The highest BCUT2D eigenvalue weighted by atomic mass is 16.6. The first-order chi connectivity index (χ1) is 23.3. The lowest BCUT2D eigenvalue weighted by Crippen LogP contribution is -2.82. The summed E-state index contributed by atoms with van der Waals surface area (Å²) in [5.41, 5.74) is -4.26. The van der Waals surface area contributed by atoms with Crippen LogP contribution in [-0.2, 0) is 33.3 Å². The van der Waals surface area contributed by atoms with Crippen molar-refractivity contribution in [3.63, 3.8) is 0 Å². The van der Waals surface area contributed by atoms with E-state index in [0.717, 1.165) is 0 Å². The first kappa shape index (κ1) is 34.8. The van der Waals surface area contributed by atoms with Crippen LogP contribution in [0.4, 0.5) is 5.69 Å². The lowest BCUT2D eigenvalue weighted by Gasteiger charge is -2.70. The first-order valence-electron chi connectivity index (χ1n) is 17.8. The molecule has 49 heavy (non-hydrogen) atoms. The fraction of sp³-hybridized carbons (Fsp3) is 0.757. The van der Waals surface area contributed by atoms with Crippen molar-refractivity contribution in [2.24, 2.45) is 40.4 Å². The molecule has 0 radical (unpaired) electrons. The number of esters is 2. The number of fused-ring (bicyclic) bond motifs is 2. The van der Waals surface area contributed by atoms with Crippen molar-refractivity contribution in [2.75, 3.05) is 46.3 Å². The van der Waals surface area contributed by atoms with Crippen LogP contribution in [0, 0.1) is 40.4 Å². The summed E-state index contributed by atoms with van der Waals surface area (Å²) in [6.07, 6.45) is -0.144. The Bertz CT molecular complexity index is 1500. The zero-order valence-corrected chi connectivity index (χ0v) is 29.6. The van der Waals surface area contributed by atoms with E-state index in [1.807, 2.05) is 0 Å². The van der Waals surface area contributed by atoms with Crippen LogP contribution in [0.5, 0.6) is 0 Å². The molecule has 5 saturated carbocycles. The molecule has 1 spiro atoms. The van der Waals surface area contributed by atoms with E-state index in [9.17, 15) is 24.6 Å². The van der Waals surface area contributed by atoms with Crippen molar-refractivity contribution >= 4 is 23.5 Å². The number of ether oxygens (including phenoxy) is 5. The average Bonchev–Trinajstić information content (AvgIpc) is 3.47. The maximum atomic E-state index is 13.8. The number of hydrogen-bond donors (Lipinski definition) is 3. The quantitative estimate of drug-likeness (QED) is 0.312. The molecule has 13 atom stereocenters. The van der Waals surface area contributed by atoms with Gasteiger partial charge in [-0.1, -0.05) is 32.9 Å². The van der Waals surface area contributed by atoms with Gasteiger partial charge in [0, 0.05) is 69.8 Å². The number of rotatable bonds is 10. The number of anilines is 1. The minimum absolute atomic E-state index is 0.0496. The molecule has 12 heteroatoms. The lowest BCUT2D eigenvalue weighted by atomic mass is 9.42. The number of likely N-dealkylation sites (N-methyl/N-ethyl adjacent to an activating group) is 1. The Morgan fingerprint density at radius 2 is 1.82 bits per heavy atom. The van der Waals surface area contributed by atoms with Crippen molar-refractivity contribution in [3.05, 3.63) is 29.8 Å². The summed E-state index contributed by atoms with van der Waals surface area (Å²) in [4.78, 5) is 41.2. The van der Waals surface area contributed by atoms with Gasteiger partial charge in [-0.3, -0.25) is 14.5 Å². The molecule has 0 aromatic heterocycles. The van der Waals surface area contributed by atoms with E-state index < -0.39 is 58.3 Å². The summed E-state index contributed by atoms with van der Waals surface area (Å²) >= 11 is 0. The first-order valence-corrected chi connectivity index (χ1v) is 17.8. The van der Waals surface area contributed by atoms with Gasteiger partial charge in [0.25, 0.3) is 0 Å². The molecule has 5 aliphatic carbocycles. The number of likely N-dealkylation sites (tertiary alicyclic amines) is 1. The number of carbonyl (C=O) groups excluding carboxylic acids is 3. The second kappa shape index (κ2) is 12.0. The van der Waals surface area contributed by atoms with Crippen LogP contribution in [0.2, 0.25) is 0 Å². The second-order valence-corrected chi connectivity index (χ2v) is 15.8. The zero-order chi connectivity index (χ0) is 35.3. The molecule has 1 aromatic rings. The summed E-state index contributed by atoms with van der Waals surface area (Å²) in [5, 5.41) is 29.5. The fourth-order valence-electron chi connectivity index (χ4n) is 12.4. The highest BCUT2D eigenvalue weighted by Crippen LogP contribution is 2.80. The molecule has 7 rings (SSSR count). The van der Waals surface area contributed by atoms with Gasteiger partial charge < -0.3 is 39.2 Å². The number of hydrogen-bond acceptors (Lipinski definition) is 11. The second-order valence-electron chi connectivity index (χ2n) is 15.8. The zero-order valence-electron chi connectivity index (χ0n) is 29.6. The van der Waals surface area contributed by atoms with Gasteiger partial charge >= 0.3 is 11.9 Å². The molecule has 7 bridgehead atoms. The third-order valence-corrected chi connectivity index (χ3v) is 13.7. The van der Waals surface area contributed by atoms with Crippen molar-refractivity contribution in [1.82, 2.24) is 4.90 Å². The van der Waals surface area contributed by atoms with Gasteiger partial charge in [0.2, 0.25) is 5.91 Å². The number of methoxy groups -OCH3 is 3. The lowest BCUT2D eigenvalue weighted by molar-refractivity contribution is -0.319. The van der Waals surface area contributed by atoms with Crippen LogP contribution in [-0.4, -0.2) is 116 Å². The highest BCUT2D eigenvalue weighted by Gasteiger charge is 2.92. The number of piperidine rings is 1. The summed E-state index contributed by atoms with van der Waals surface area (Å²) in [6, 6.07) is 6.24. The normalized spacial score (nSPS) is 44.5. The monoisotopic (exact) mass is 684 g/mol. The van der Waals surface area contributed by atoms with Gasteiger partial charge in [-0.2, -0.15) is 0 Å². The van der Waals surface area contributed by atoms with Gasteiger partial charge in [0.05, 0.1) is 48.1 Å². The standard InChI is InChI=1S/C37H52N2O10/c1-8-39-17-34(18-48-32(42)21-11-9-10-12-24(21)38-20(4)40)14-13-26(46-6)36-23-15-22-25(45-5)16-35(43,27(23)28(22)49-31(41)19(2)3)37(44,33(36)39)30(47-7)29(34)36/h9-12,19,22-23,25-30,33,43-44H,8,13-18H2,1-7H3,(H,38,40)/t22-,23-,25+,26+,27-,28+,29-,30+,33?,34+,35-,36+,37-/m1/s1. The van der Waals surface area contributed by atoms with Crippen LogP contribution in [0.3, 0.4) is 0 Å². The molecule has 1 amide bonds. The Kier molecular flexibility index (Phi) is 8.52. The van der Waals surface area contributed by atoms with Crippen LogP contribution >= 0.6 is 0 Å². The van der Waals surface area contributed by atoms with Crippen molar-refractivity contribution < 1.29 is 48.3 Å². The Balaban J connectivity index is 1.37. The number of aliphatic hydroxyl groups is 2. The van der Waals surface area contributed by atoms with Crippen LogP contribution < -0.4 is 5.32 Å². The Hall–Kier alpha value is -2.61. The van der Waals surface area contributed by atoms with Gasteiger partial charge in [-0.05, 0) is 43.9 Å². The Labute approximate surface area is 288 Å². The molecule has 3 N–H and O–H groups in total. The van der Waals surface area contributed by atoms with E-state index in [4.69, 9.17) is 23.7 Å². The minimum atomic E-state index is -1.79. The molecule has 1 unspecified atom stereocenters. The molecular formula is C37H52N2O10. The number of benzene rings is 1. The van der Waals surface area contributed by atoms with E-state index in [1.165, 1.54) is 6.92 Å². The molecule has 6 aliphatic rings. The predicted molar refractivity (Wildman–Crippen MR) is 176 cm³/mol. The van der Waals surface area contributed by atoms with Gasteiger partial charge in [0.15, 0.2) is 0 Å². The summed E-state index contributed by atoms with van der Waals surface area (Å²) in [6.45, 7) is 8.18. The summed E-state index contributed by atoms with van der Waals surface area (Å²) < 4.78 is 31.4. The topological polar surface area (TPSA) is 153 Å². The van der Waals surface area contributed by atoms with Crippen molar-refractivity contribution in [1.29, 1.82) is 0 Å². The smallest absolute Gasteiger partial charge is 0.340 e. The third-order valence-electron chi connectivity index (χ3n) is 13.7. The predicted octanol–water partition coefficient (Wildman–Crippen LogP) is 2.65. The molecule has 1 aromatic carbocycles. The largest absolute Gasteiger partial charge is 0.461 e. The molecular weight excluding hydrogens is 632 g/mol. The number of nitrogens with one attached hydrogen (secondary N) is 1. The molecule has 270 valence electrons. The number of para-hydroxylation sites is 1. The van der Waals surface area contributed by atoms with E-state index in [1.54, 1.807) is 59.4 Å². The summed E-state index contributed by atoms with van der Waals surface area (Å²) in [7, 11) is 4.92. The van der Waals surface area contributed by atoms with E-state index in [2.05, 4.69) is 17.1 Å². The van der Waals surface area contributed by atoms with E-state index in [-0.39, 0.29) is 60.2 Å². The Morgan fingerprint density at radius 3 is 2.45 bits per heavy atom. The maximum Gasteiger partial charge on any atom is 0.340 e. The van der Waals surface area contributed by atoms with Gasteiger partial charge in [0.1, 0.15) is 17.3 Å².